The third-order valence-electron chi connectivity index (χ3n) is 3.30. The molecule has 0 atom stereocenters. The third kappa shape index (κ3) is 3.70. The molecule has 0 aliphatic carbocycles. The van der Waals surface area contributed by atoms with E-state index in [2.05, 4.69) is 60.7 Å². The summed E-state index contributed by atoms with van der Waals surface area (Å²) in [5.41, 5.74) is 1.27. The summed E-state index contributed by atoms with van der Waals surface area (Å²) < 4.78 is 0. The minimum absolute atomic E-state index is 0.612. The number of aromatic nitrogens is 1. The molecule has 108 valence electrons. The van der Waals surface area contributed by atoms with Crippen molar-refractivity contribution in [2.24, 2.45) is 5.92 Å². The summed E-state index contributed by atoms with van der Waals surface area (Å²) in [5, 5.41) is 9.40. The Balaban J connectivity index is 2.26. The minimum Gasteiger partial charge on any atom is -0.369 e. The summed E-state index contributed by atoms with van der Waals surface area (Å²) >= 11 is 0. The average molecular weight is 271 g/mol. The van der Waals surface area contributed by atoms with Crippen molar-refractivity contribution in [2.75, 3.05) is 18.4 Å². The van der Waals surface area contributed by atoms with Crippen LogP contribution in [0.5, 0.6) is 0 Å². The van der Waals surface area contributed by atoms with E-state index in [4.69, 9.17) is 0 Å². The van der Waals surface area contributed by atoms with Crippen LogP contribution in [0.15, 0.2) is 30.5 Å². The predicted molar refractivity (Wildman–Crippen MR) is 87.1 cm³/mol. The Kier molecular flexibility index (Phi) is 5.36. The monoisotopic (exact) mass is 271 g/mol. The first-order chi connectivity index (χ1) is 9.72. The van der Waals surface area contributed by atoms with E-state index in [9.17, 15) is 0 Å². The van der Waals surface area contributed by atoms with Gasteiger partial charge in [-0.15, -0.1) is 0 Å². The zero-order valence-corrected chi connectivity index (χ0v) is 12.7. The lowest BCUT2D eigenvalue weighted by Crippen LogP contribution is -2.15. The Bertz CT molecular complexity index is 549. The van der Waals surface area contributed by atoms with Crippen LogP contribution in [0.4, 0.5) is 5.82 Å². The molecule has 0 bridgehead atoms. The van der Waals surface area contributed by atoms with Crippen LogP contribution < -0.4 is 10.6 Å². The number of anilines is 1. The van der Waals surface area contributed by atoms with Crippen LogP contribution >= 0.6 is 0 Å². The van der Waals surface area contributed by atoms with Gasteiger partial charge in [0.1, 0.15) is 5.82 Å². The molecule has 0 spiro atoms. The molecule has 1 aromatic heterocycles. The Morgan fingerprint density at radius 1 is 1.15 bits per heavy atom. The first kappa shape index (κ1) is 14.8. The fourth-order valence-corrected chi connectivity index (χ4v) is 2.23. The second kappa shape index (κ2) is 7.25. The van der Waals surface area contributed by atoms with Crippen LogP contribution in [0.25, 0.3) is 10.8 Å². The molecule has 2 aromatic rings. The lowest BCUT2D eigenvalue weighted by molar-refractivity contribution is 0.676. The summed E-state index contributed by atoms with van der Waals surface area (Å²) in [4.78, 5) is 4.61. The molecule has 20 heavy (non-hydrogen) atoms. The molecule has 0 aliphatic heterocycles. The maximum atomic E-state index is 4.61. The van der Waals surface area contributed by atoms with Gasteiger partial charge in [-0.05, 0) is 29.8 Å². The van der Waals surface area contributed by atoms with E-state index in [1.54, 1.807) is 0 Å². The molecular weight excluding hydrogens is 246 g/mol. The number of nitrogens with zero attached hydrogens (tertiary/aromatic N) is 1. The van der Waals surface area contributed by atoms with Gasteiger partial charge in [0.25, 0.3) is 0 Å². The molecule has 0 saturated heterocycles. The van der Waals surface area contributed by atoms with Crippen molar-refractivity contribution >= 4 is 16.6 Å². The molecule has 0 saturated carbocycles. The van der Waals surface area contributed by atoms with E-state index >= 15 is 0 Å². The highest BCUT2D eigenvalue weighted by Gasteiger charge is 2.07. The lowest BCUT2D eigenvalue weighted by atomic mass is 10.1. The van der Waals surface area contributed by atoms with Crippen LogP contribution in [0.3, 0.4) is 0 Å². The molecule has 3 nitrogen and oxygen atoms in total. The van der Waals surface area contributed by atoms with E-state index in [1.807, 2.05) is 6.20 Å². The summed E-state index contributed by atoms with van der Waals surface area (Å²) in [6.07, 6.45) is 3.15. The Morgan fingerprint density at radius 2 is 1.90 bits per heavy atom. The third-order valence-corrected chi connectivity index (χ3v) is 3.30. The highest BCUT2D eigenvalue weighted by atomic mass is 15.0. The maximum absolute atomic E-state index is 4.61. The highest BCUT2D eigenvalue weighted by molar-refractivity contribution is 5.93. The number of fused-ring (bicyclic) bond motifs is 1. The van der Waals surface area contributed by atoms with Crippen molar-refractivity contribution in [1.29, 1.82) is 0 Å². The van der Waals surface area contributed by atoms with Gasteiger partial charge in [0.15, 0.2) is 0 Å². The zero-order chi connectivity index (χ0) is 14.4. The molecule has 2 N–H and O–H groups in total. The Labute approximate surface area is 121 Å². The van der Waals surface area contributed by atoms with Gasteiger partial charge in [-0.25, -0.2) is 4.98 Å². The lowest BCUT2D eigenvalue weighted by Gasteiger charge is -2.13. The van der Waals surface area contributed by atoms with Gasteiger partial charge in [0, 0.05) is 24.7 Å². The van der Waals surface area contributed by atoms with Crippen LogP contribution in [-0.2, 0) is 6.54 Å². The van der Waals surface area contributed by atoms with E-state index in [0.29, 0.717) is 5.92 Å². The quantitative estimate of drug-likeness (QED) is 0.752. The standard InChI is InChI=1S/C17H25N3/c1-4-9-18-11-14-12-20-17(19-10-13(2)3)16-8-6-5-7-15(14)16/h5-8,12-13,18H,4,9-11H2,1-3H3,(H,19,20). The van der Waals surface area contributed by atoms with Crippen molar-refractivity contribution in [3.8, 4) is 0 Å². The second-order valence-corrected chi connectivity index (χ2v) is 5.63. The molecular formula is C17H25N3. The summed E-state index contributed by atoms with van der Waals surface area (Å²) in [5.74, 6) is 1.61. The molecule has 1 aromatic carbocycles. The Hall–Kier alpha value is -1.61. The molecule has 0 radical (unpaired) electrons. The van der Waals surface area contributed by atoms with Gasteiger partial charge in [0.05, 0.1) is 0 Å². The van der Waals surface area contributed by atoms with Crippen molar-refractivity contribution in [3.63, 3.8) is 0 Å². The van der Waals surface area contributed by atoms with Crippen molar-refractivity contribution in [1.82, 2.24) is 10.3 Å². The number of pyridine rings is 1. The molecule has 0 aliphatic rings. The van der Waals surface area contributed by atoms with Crippen LogP contribution in [-0.4, -0.2) is 18.1 Å². The zero-order valence-electron chi connectivity index (χ0n) is 12.7. The van der Waals surface area contributed by atoms with Gasteiger partial charge in [0.2, 0.25) is 0 Å². The number of benzene rings is 1. The number of nitrogens with one attached hydrogen (secondary N) is 2. The number of hydrogen-bond donors (Lipinski definition) is 2. The maximum Gasteiger partial charge on any atom is 0.133 e. The summed E-state index contributed by atoms with van der Waals surface area (Å²) in [6, 6.07) is 8.50. The smallest absolute Gasteiger partial charge is 0.133 e. The van der Waals surface area contributed by atoms with Crippen molar-refractivity contribution < 1.29 is 0 Å². The van der Waals surface area contributed by atoms with Gasteiger partial charge >= 0.3 is 0 Å². The first-order valence-electron chi connectivity index (χ1n) is 7.53. The van der Waals surface area contributed by atoms with Gasteiger partial charge in [-0.3, -0.25) is 0 Å². The SMILES string of the molecule is CCCNCc1cnc(NCC(C)C)c2ccccc12. The Morgan fingerprint density at radius 3 is 2.60 bits per heavy atom. The fourth-order valence-electron chi connectivity index (χ4n) is 2.23. The van der Waals surface area contributed by atoms with Crippen LogP contribution in [0.2, 0.25) is 0 Å². The average Bonchev–Trinajstić information content (AvgIpc) is 2.46. The van der Waals surface area contributed by atoms with Crippen molar-refractivity contribution in [3.05, 3.63) is 36.0 Å². The molecule has 0 fully saturated rings. The summed E-state index contributed by atoms with van der Waals surface area (Å²) in [6.45, 7) is 9.47. The second-order valence-electron chi connectivity index (χ2n) is 5.63. The normalized spacial score (nSPS) is 11.2. The van der Waals surface area contributed by atoms with E-state index in [0.717, 1.165) is 31.9 Å². The van der Waals surface area contributed by atoms with Crippen LogP contribution in [0, 0.1) is 5.92 Å². The minimum atomic E-state index is 0.612. The number of rotatable bonds is 7. The molecule has 0 amide bonds. The largest absolute Gasteiger partial charge is 0.369 e. The fraction of sp³-hybridized carbons (Fsp3) is 0.471. The van der Waals surface area contributed by atoms with Crippen LogP contribution in [0.1, 0.15) is 32.8 Å². The van der Waals surface area contributed by atoms with E-state index in [1.165, 1.54) is 16.3 Å². The molecule has 2 rings (SSSR count). The number of hydrogen-bond acceptors (Lipinski definition) is 3. The predicted octanol–water partition coefficient (Wildman–Crippen LogP) is 3.80. The van der Waals surface area contributed by atoms with E-state index < -0.39 is 0 Å². The van der Waals surface area contributed by atoms with E-state index in [-0.39, 0.29) is 0 Å². The molecule has 1 heterocycles. The van der Waals surface area contributed by atoms with Crippen molar-refractivity contribution in [2.45, 2.75) is 33.7 Å². The van der Waals surface area contributed by atoms with Gasteiger partial charge < -0.3 is 10.6 Å². The summed E-state index contributed by atoms with van der Waals surface area (Å²) in [7, 11) is 0. The highest BCUT2D eigenvalue weighted by Crippen LogP contribution is 2.24. The first-order valence-corrected chi connectivity index (χ1v) is 7.53. The molecule has 3 heteroatoms. The van der Waals surface area contributed by atoms with Gasteiger partial charge in [-0.2, -0.15) is 0 Å². The van der Waals surface area contributed by atoms with Gasteiger partial charge in [-0.1, -0.05) is 45.0 Å². The topological polar surface area (TPSA) is 37.0 Å². The molecule has 0 unspecified atom stereocenters.